The van der Waals surface area contributed by atoms with Crippen LogP contribution in [0.1, 0.15) is 21.5 Å². The fourth-order valence-corrected chi connectivity index (χ4v) is 2.22. The number of amides is 1. The van der Waals surface area contributed by atoms with Gasteiger partial charge in [-0.05, 0) is 24.1 Å². The Morgan fingerprint density at radius 2 is 2.00 bits per heavy atom. The average molecular weight is 289 g/mol. The molecule has 1 aromatic heterocycles. The Kier molecular flexibility index (Phi) is 5.13. The van der Waals surface area contributed by atoms with Gasteiger partial charge in [0.2, 0.25) is 0 Å². The molecular weight excluding hydrogens is 272 g/mol. The molecule has 0 spiro atoms. The van der Waals surface area contributed by atoms with Crippen molar-refractivity contribution in [2.24, 2.45) is 0 Å². The van der Waals surface area contributed by atoms with E-state index in [0.29, 0.717) is 24.5 Å². The maximum absolute atomic E-state index is 12.5. The van der Waals surface area contributed by atoms with Crippen molar-refractivity contribution in [1.82, 2.24) is 9.88 Å². The van der Waals surface area contributed by atoms with E-state index in [1.165, 1.54) is 0 Å². The van der Waals surface area contributed by atoms with Gasteiger partial charge in [-0.25, -0.2) is 0 Å². The normalized spacial score (nSPS) is 10.3. The first-order valence-corrected chi connectivity index (χ1v) is 7.05. The highest BCUT2D eigenvalue weighted by Gasteiger charge is 2.16. The van der Waals surface area contributed by atoms with E-state index >= 15 is 0 Å². The SMILES string of the molecule is Cc1cncc(C(=O)N(CCCl)Cc2ccccc2)c1. The summed E-state index contributed by atoms with van der Waals surface area (Å²) in [6.07, 6.45) is 3.33. The van der Waals surface area contributed by atoms with Crippen LogP contribution in [0.3, 0.4) is 0 Å². The lowest BCUT2D eigenvalue weighted by Gasteiger charge is -2.22. The number of aryl methyl sites for hydroxylation is 1. The Balaban J connectivity index is 2.18. The largest absolute Gasteiger partial charge is 0.333 e. The molecular formula is C16H17ClN2O. The molecule has 0 bridgehead atoms. The Hall–Kier alpha value is -1.87. The highest BCUT2D eigenvalue weighted by atomic mass is 35.5. The van der Waals surface area contributed by atoms with Crippen molar-refractivity contribution in [2.45, 2.75) is 13.5 Å². The predicted molar refractivity (Wildman–Crippen MR) is 80.9 cm³/mol. The molecule has 1 aromatic carbocycles. The highest BCUT2D eigenvalue weighted by Crippen LogP contribution is 2.11. The van der Waals surface area contributed by atoms with E-state index in [9.17, 15) is 4.79 Å². The van der Waals surface area contributed by atoms with Crippen molar-refractivity contribution in [3.8, 4) is 0 Å². The quantitative estimate of drug-likeness (QED) is 0.791. The first kappa shape index (κ1) is 14.5. The van der Waals surface area contributed by atoms with Gasteiger partial charge in [0.15, 0.2) is 0 Å². The molecule has 1 amide bonds. The third kappa shape index (κ3) is 3.81. The Morgan fingerprint density at radius 1 is 1.25 bits per heavy atom. The lowest BCUT2D eigenvalue weighted by Crippen LogP contribution is -2.32. The number of carbonyl (C=O) groups excluding carboxylic acids is 1. The number of hydrogen-bond acceptors (Lipinski definition) is 2. The smallest absolute Gasteiger partial charge is 0.255 e. The number of alkyl halides is 1. The summed E-state index contributed by atoms with van der Waals surface area (Å²) in [5.41, 5.74) is 2.67. The number of aromatic nitrogens is 1. The van der Waals surface area contributed by atoms with Crippen LogP contribution in [-0.4, -0.2) is 28.2 Å². The van der Waals surface area contributed by atoms with Crippen LogP contribution in [-0.2, 0) is 6.54 Å². The van der Waals surface area contributed by atoms with Gasteiger partial charge >= 0.3 is 0 Å². The van der Waals surface area contributed by atoms with Gasteiger partial charge in [0.1, 0.15) is 0 Å². The van der Waals surface area contributed by atoms with E-state index in [1.54, 1.807) is 17.3 Å². The Bertz CT molecular complexity index is 572. The highest BCUT2D eigenvalue weighted by molar-refractivity contribution is 6.18. The molecule has 0 aliphatic rings. The third-order valence-electron chi connectivity index (χ3n) is 2.98. The van der Waals surface area contributed by atoms with E-state index < -0.39 is 0 Å². The van der Waals surface area contributed by atoms with Gasteiger partial charge in [0, 0.05) is 31.4 Å². The van der Waals surface area contributed by atoms with Gasteiger partial charge in [-0.15, -0.1) is 11.6 Å². The molecule has 1 heterocycles. The first-order chi connectivity index (χ1) is 9.70. The first-order valence-electron chi connectivity index (χ1n) is 6.51. The number of pyridine rings is 1. The van der Waals surface area contributed by atoms with Crippen LogP contribution in [0.15, 0.2) is 48.8 Å². The van der Waals surface area contributed by atoms with Crippen molar-refractivity contribution < 1.29 is 4.79 Å². The molecule has 0 unspecified atom stereocenters. The second-order valence-corrected chi connectivity index (χ2v) is 5.03. The third-order valence-corrected chi connectivity index (χ3v) is 3.15. The fraction of sp³-hybridized carbons (Fsp3) is 0.250. The molecule has 3 nitrogen and oxygen atoms in total. The van der Waals surface area contributed by atoms with Crippen LogP contribution >= 0.6 is 11.6 Å². The van der Waals surface area contributed by atoms with Gasteiger partial charge in [-0.2, -0.15) is 0 Å². The molecule has 20 heavy (non-hydrogen) atoms. The van der Waals surface area contributed by atoms with Crippen LogP contribution in [0.2, 0.25) is 0 Å². The molecule has 0 atom stereocenters. The maximum atomic E-state index is 12.5. The zero-order valence-corrected chi connectivity index (χ0v) is 12.2. The maximum Gasteiger partial charge on any atom is 0.255 e. The molecule has 104 valence electrons. The summed E-state index contributed by atoms with van der Waals surface area (Å²) in [7, 11) is 0. The second kappa shape index (κ2) is 7.06. The molecule has 0 saturated heterocycles. The summed E-state index contributed by atoms with van der Waals surface area (Å²) in [5, 5.41) is 0. The van der Waals surface area contributed by atoms with Crippen molar-refractivity contribution in [3.63, 3.8) is 0 Å². The number of halogens is 1. The number of rotatable bonds is 5. The van der Waals surface area contributed by atoms with Gasteiger partial charge in [0.05, 0.1) is 5.56 Å². The summed E-state index contributed by atoms with van der Waals surface area (Å²) < 4.78 is 0. The van der Waals surface area contributed by atoms with Crippen molar-refractivity contribution in [1.29, 1.82) is 0 Å². The number of benzene rings is 1. The van der Waals surface area contributed by atoms with Crippen molar-refractivity contribution >= 4 is 17.5 Å². The van der Waals surface area contributed by atoms with Gasteiger partial charge < -0.3 is 4.90 Å². The van der Waals surface area contributed by atoms with Gasteiger partial charge in [0.25, 0.3) is 5.91 Å². The molecule has 0 radical (unpaired) electrons. The fourth-order valence-electron chi connectivity index (χ4n) is 2.01. The summed E-state index contributed by atoms with van der Waals surface area (Å²) >= 11 is 5.82. The van der Waals surface area contributed by atoms with E-state index in [4.69, 9.17) is 11.6 Å². The van der Waals surface area contributed by atoms with E-state index in [1.807, 2.05) is 43.3 Å². The Labute approximate surface area is 124 Å². The average Bonchev–Trinajstić information content (AvgIpc) is 2.47. The molecule has 0 saturated carbocycles. The predicted octanol–water partition coefficient (Wildman–Crippen LogP) is 3.27. The summed E-state index contributed by atoms with van der Waals surface area (Å²) in [4.78, 5) is 18.3. The number of hydrogen-bond donors (Lipinski definition) is 0. The summed E-state index contributed by atoms with van der Waals surface area (Å²) in [5.74, 6) is 0.378. The standard InChI is InChI=1S/C16H17ClN2O/c1-13-9-15(11-18-10-13)16(20)19(8-7-17)12-14-5-3-2-4-6-14/h2-6,9-11H,7-8,12H2,1H3. The second-order valence-electron chi connectivity index (χ2n) is 4.65. The zero-order valence-electron chi connectivity index (χ0n) is 11.4. The van der Waals surface area contributed by atoms with Crippen LogP contribution in [0.25, 0.3) is 0 Å². The molecule has 0 aliphatic heterocycles. The van der Waals surface area contributed by atoms with Crippen LogP contribution in [0.4, 0.5) is 0 Å². The minimum Gasteiger partial charge on any atom is -0.333 e. The van der Waals surface area contributed by atoms with Crippen molar-refractivity contribution in [3.05, 3.63) is 65.5 Å². The molecule has 0 aliphatic carbocycles. The number of carbonyl (C=O) groups is 1. The molecule has 4 heteroatoms. The Morgan fingerprint density at radius 3 is 2.65 bits per heavy atom. The van der Waals surface area contributed by atoms with Gasteiger partial charge in [-0.1, -0.05) is 30.3 Å². The van der Waals surface area contributed by atoms with Crippen LogP contribution in [0.5, 0.6) is 0 Å². The zero-order chi connectivity index (χ0) is 14.4. The monoisotopic (exact) mass is 288 g/mol. The topological polar surface area (TPSA) is 33.2 Å². The van der Waals surface area contributed by atoms with E-state index in [0.717, 1.165) is 11.1 Å². The number of nitrogens with zero attached hydrogens (tertiary/aromatic N) is 2. The minimum absolute atomic E-state index is 0.0364. The lowest BCUT2D eigenvalue weighted by atomic mass is 10.1. The summed E-state index contributed by atoms with van der Waals surface area (Å²) in [6.45, 7) is 3.00. The van der Waals surface area contributed by atoms with Crippen molar-refractivity contribution in [2.75, 3.05) is 12.4 Å². The minimum atomic E-state index is -0.0364. The van der Waals surface area contributed by atoms with E-state index in [-0.39, 0.29) is 5.91 Å². The molecule has 0 fully saturated rings. The van der Waals surface area contributed by atoms with Gasteiger partial charge in [-0.3, -0.25) is 9.78 Å². The lowest BCUT2D eigenvalue weighted by molar-refractivity contribution is 0.0753. The molecule has 0 N–H and O–H groups in total. The molecule has 2 rings (SSSR count). The molecule has 2 aromatic rings. The summed E-state index contributed by atoms with van der Waals surface area (Å²) in [6, 6.07) is 11.7. The van der Waals surface area contributed by atoms with Crippen LogP contribution in [0, 0.1) is 6.92 Å². The van der Waals surface area contributed by atoms with E-state index in [2.05, 4.69) is 4.98 Å². The van der Waals surface area contributed by atoms with Crippen LogP contribution < -0.4 is 0 Å².